The summed E-state index contributed by atoms with van der Waals surface area (Å²) >= 11 is 0. The lowest BCUT2D eigenvalue weighted by molar-refractivity contribution is -0.132. The van der Waals surface area contributed by atoms with Gasteiger partial charge in [-0.15, -0.1) is 12.4 Å². The monoisotopic (exact) mass is 296 g/mol. The summed E-state index contributed by atoms with van der Waals surface area (Å²) in [4.78, 5) is 14.4. The lowest BCUT2D eigenvalue weighted by Crippen LogP contribution is -2.39. The molecular formula is C16H25ClN2O. The molecule has 1 aliphatic heterocycles. The van der Waals surface area contributed by atoms with E-state index in [1.54, 1.807) is 0 Å². The van der Waals surface area contributed by atoms with Crippen LogP contribution in [0.4, 0.5) is 0 Å². The third-order valence-corrected chi connectivity index (χ3v) is 4.08. The van der Waals surface area contributed by atoms with Crippen LogP contribution in [0.3, 0.4) is 0 Å². The molecule has 4 heteroatoms. The molecule has 0 bridgehead atoms. The summed E-state index contributed by atoms with van der Waals surface area (Å²) in [5, 5.41) is 0. The summed E-state index contributed by atoms with van der Waals surface area (Å²) in [6.07, 6.45) is 3.30. The number of halogens is 1. The molecule has 1 amide bonds. The zero-order chi connectivity index (χ0) is 13.9. The van der Waals surface area contributed by atoms with Crippen LogP contribution >= 0.6 is 12.4 Å². The van der Waals surface area contributed by atoms with Gasteiger partial charge in [0, 0.05) is 13.1 Å². The topological polar surface area (TPSA) is 46.3 Å². The Kier molecular flexibility index (Phi) is 6.03. The Morgan fingerprint density at radius 1 is 1.20 bits per heavy atom. The average molecular weight is 297 g/mol. The van der Waals surface area contributed by atoms with Crippen LogP contribution in [-0.4, -0.2) is 23.9 Å². The highest BCUT2D eigenvalue weighted by Gasteiger charge is 2.28. The van der Waals surface area contributed by atoms with Gasteiger partial charge in [0.15, 0.2) is 0 Å². The van der Waals surface area contributed by atoms with Crippen molar-refractivity contribution in [3.63, 3.8) is 0 Å². The van der Waals surface area contributed by atoms with Crippen LogP contribution in [0.1, 0.15) is 44.7 Å². The molecule has 2 rings (SSSR count). The van der Waals surface area contributed by atoms with Crippen molar-refractivity contribution in [2.45, 2.75) is 39.2 Å². The standard InChI is InChI=1S/C16H24N2O.ClH/c1-16(2)9-6-11-18(12-10-16)15(19)14(17)13-7-4-3-5-8-13;/h3-5,7-8,14H,6,9-12,17H2,1-2H3;1H. The van der Waals surface area contributed by atoms with E-state index in [1.165, 1.54) is 6.42 Å². The molecular weight excluding hydrogens is 272 g/mol. The van der Waals surface area contributed by atoms with Gasteiger partial charge in [0.25, 0.3) is 0 Å². The molecule has 0 saturated carbocycles. The Morgan fingerprint density at radius 2 is 1.85 bits per heavy atom. The number of nitrogens with two attached hydrogens (primary N) is 1. The molecule has 112 valence electrons. The predicted octanol–water partition coefficient (Wildman–Crippen LogP) is 3.15. The van der Waals surface area contributed by atoms with E-state index in [0.717, 1.165) is 31.5 Å². The first-order valence-corrected chi connectivity index (χ1v) is 7.09. The first-order valence-electron chi connectivity index (χ1n) is 7.09. The van der Waals surface area contributed by atoms with Gasteiger partial charge in [-0.3, -0.25) is 4.79 Å². The fraction of sp³-hybridized carbons (Fsp3) is 0.562. The summed E-state index contributed by atoms with van der Waals surface area (Å²) in [5.74, 6) is 0.0592. The second-order valence-electron chi connectivity index (χ2n) is 6.23. The highest BCUT2D eigenvalue weighted by Crippen LogP contribution is 2.30. The molecule has 1 atom stereocenters. The third-order valence-electron chi connectivity index (χ3n) is 4.08. The molecule has 3 nitrogen and oxygen atoms in total. The largest absolute Gasteiger partial charge is 0.341 e. The molecule has 1 unspecified atom stereocenters. The minimum absolute atomic E-state index is 0. The van der Waals surface area contributed by atoms with Gasteiger partial charge >= 0.3 is 0 Å². The maximum absolute atomic E-state index is 12.5. The van der Waals surface area contributed by atoms with Crippen molar-refractivity contribution in [1.82, 2.24) is 4.90 Å². The number of rotatable bonds is 2. The average Bonchev–Trinajstić information content (AvgIpc) is 2.59. The van der Waals surface area contributed by atoms with Crippen LogP contribution in [0.2, 0.25) is 0 Å². The molecule has 1 heterocycles. The van der Waals surface area contributed by atoms with Crippen LogP contribution in [0.25, 0.3) is 0 Å². The summed E-state index contributed by atoms with van der Waals surface area (Å²) in [6, 6.07) is 9.11. The molecule has 1 aromatic carbocycles. The van der Waals surface area contributed by atoms with Crippen molar-refractivity contribution in [1.29, 1.82) is 0 Å². The van der Waals surface area contributed by atoms with Crippen molar-refractivity contribution in [2.75, 3.05) is 13.1 Å². The van der Waals surface area contributed by atoms with E-state index < -0.39 is 6.04 Å². The number of hydrogen-bond donors (Lipinski definition) is 1. The Bertz CT molecular complexity index is 433. The SMILES string of the molecule is CC1(C)CCCN(C(=O)C(N)c2ccccc2)CC1.Cl. The second-order valence-corrected chi connectivity index (χ2v) is 6.23. The van der Waals surface area contributed by atoms with E-state index in [0.29, 0.717) is 5.41 Å². The van der Waals surface area contributed by atoms with Crippen LogP contribution in [-0.2, 0) is 4.79 Å². The normalized spacial score (nSPS) is 19.6. The summed E-state index contributed by atoms with van der Waals surface area (Å²) in [6.45, 7) is 6.21. The summed E-state index contributed by atoms with van der Waals surface area (Å²) in [5.41, 5.74) is 7.34. The van der Waals surface area contributed by atoms with Crippen molar-refractivity contribution < 1.29 is 4.79 Å². The van der Waals surface area contributed by atoms with Crippen molar-refractivity contribution in [3.8, 4) is 0 Å². The van der Waals surface area contributed by atoms with Gasteiger partial charge in [-0.25, -0.2) is 0 Å². The number of amides is 1. The molecule has 0 aromatic heterocycles. The number of likely N-dealkylation sites (tertiary alicyclic amines) is 1. The molecule has 20 heavy (non-hydrogen) atoms. The number of nitrogens with zero attached hydrogens (tertiary/aromatic N) is 1. The van der Waals surface area contributed by atoms with E-state index >= 15 is 0 Å². The van der Waals surface area contributed by atoms with E-state index in [9.17, 15) is 4.79 Å². The maximum atomic E-state index is 12.5. The summed E-state index contributed by atoms with van der Waals surface area (Å²) in [7, 11) is 0. The smallest absolute Gasteiger partial charge is 0.244 e. The predicted molar refractivity (Wildman–Crippen MR) is 84.8 cm³/mol. The number of hydrogen-bond acceptors (Lipinski definition) is 2. The Labute approximate surface area is 127 Å². The lowest BCUT2D eigenvalue weighted by atomic mass is 9.85. The highest BCUT2D eigenvalue weighted by molar-refractivity contribution is 5.85. The molecule has 1 aromatic rings. The van der Waals surface area contributed by atoms with Gasteiger partial charge < -0.3 is 10.6 Å². The molecule has 0 radical (unpaired) electrons. The number of benzene rings is 1. The van der Waals surface area contributed by atoms with Gasteiger partial charge in [0.1, 0.15) is 6.04 Å². The van der Waals surface area contributed by atoms with Gasteiger partial charge in [0.05, 0.1) is 0 Å². The van der Waals surface area contributed by atoms with Crippen molar-refractivity contribution >= 4 is 18.3 Å². The second kappa shape index (κ2) is 7.09. The Balaban J connectivity index is 0.00000200. The van der Waals surface area contributed by atoms with E-state index in [4.69, 9.17) is 5.73 Å². The first-order chi connectivity index (χ1) is 8.99. The molecule has 2 N–H and O–H groups in total. The van der Waals surface area contributed by atoms with E-state index in [2.05, 4.69) is 13.8 Å². The number of carbonyl (C=O) groups is 1. The van der Waals surface area contributed by atoms with Crippen LogP contribution in [0.15, 0.2) is 30.3 Å². The van der Waals surface area contributed by atoms with E-state index in [1.807, 2.05) is 35.2 Å². The van der Waals surface area contributed by atoms with E-state index in [-0.39, 0.29) is 18.3 Å². The zero-order valence-electron chi connectivity index (χ0n) is 12.3. The lowest BCUT2D eigenvalue weighted by Gasteiger charge is -2.25. The Hall–Kier alpha value is -1.06. The van der Waals surface area contributed by atoms with Crippen LogP contribution in [0, 0.1) is 5.41 Å². The highest BCUT2D eigenvalue weighted by atomic mass is 35.5. The van der Waals surface area contributed by atoms with Crippen molar-refractivity contribution in [2.24, 2.45) is 11.1 Å². The minimum atomic E-state index is -0.526. The van der Waals surface area contributed by atoms with Gasteiger partial charge in [-0.2, -0.15) is 0 Å². The molecule has 1 fully saturated rings. The quantitative estimate of drug-likeness (QED) is 0.911. The zero-order valence-corrected chi connectivity index (χ0v) is 13.2. The fourth-order valence-corrected chi connectivity index (χ4v) is 2.64. The van der Waals surface area contributed by atoms with Gasteiger partial charge in [0.2, 0.25) is 5.91 Å². The van der Waals surface area contributed by atoms with Gasteiger partial charge in [-0.1, -0.05) is 44.2 Å². The third kappa shape index (κ3) is 4.22. The molecule has 1 saturated heterocycles. The van der Waals surface area contributed by atoms with Gasteiger partial charge in [-0.05, 0) is 30.2 Å². The molecule has 1 aliphatic rings. The van der Waals surface area contributed by atoms with Crippen molar-refractivity contribution in [3.05, 3.63) is 35.9 Å². The maximum Gasteiger partial charge on any atom is 0.244 e. The van der Waals surface area contributed by atoms with Crippen LogP contribution in [0.5, 0.6) is 0 Å². The molecule has 0 spiro atoms. The first kappa shape index (κ1) is 17.0. The summed E-state index contributed by atoms with van der Waals surface area (Å²) < 4.78 is 0. The molecule has 0 aliphatic carbocycles. The fourth-order valence-electron chi connectivity index (χ4n) is 2.64. The Morgan fingerprint density at radius 3 is 2.50 bits per heavy atom. The minimum Gasteiger partial charge on any atom is -0.341 e. The number of carbonyl (C=O) groups excluding carboxylic acids is 1. The van der Waals surface area contributed by atoms with Crippen LogP contribution < -0.4 is 5.73 Å².